The highest BCUT2D eigenvalue weighted by atomic mass is 32.2. The van der Waals surface area contributed by atoms with Gasteiger partial charge in [0.1, 0.15) is 0 Å². The van der Waals surface area contributed by atoms with E-state index in [1.165, 1.54) is 0 Å². The molecule has 0 radical (unpaired) electrons. The van der Waals surface area contributed by atoms with Crippen molar-refractivity contribution in [3.63, 3.8) is 0 Å². The molecule has 3 nitrogen and oxygen atoms in total. The van der Waals surface area contributed by atoms with E-state index < -0.39 is 0 Å². The fourth-order valence-corrected chi connectivity index (χ4v) is 2.55. The Bertz CT molecular complexity index is 186. The van der Waals surface area contributed by atoms with Crippen LogP contribution >= 0.6 is 11.8 Å². The van der Waals surface area contributed by atoms with E-state index in [9.17, 15) is 4.79 Å². The molecule has 0 aromatic rings. The number of hydrogen-bond donors (Lipinski definition) is 2. The Balaban J connectivity index is 2.35. The average Bonchev–Trinajstić information content (AvgIpc) is 2.50. The molecule has 3 atom stereocenters. The minimum Gasteiger partial charge on any atom is -0.352 e. The second kappa shape index (κ2) is 4.86. The quantitative estimate of drug-likeness (QED) is 0.704. The third-order valence-corrected chi connectivity index (χ3v) is 3.83. The molecule has 0 spiro atoms. The van der Waals surface area contributed by atoms with Crippen LogP contribution < -0.4 is 11.1 Å². The second-order valence-corrected chi connectivity index (χ2v) is 5.10. The van der Waals surface area contributed by atoms with Crippen molar-refractivity contribution in [1.82, 2.24) is 5.32 Å². The smallest absolute Gasteiger partial charge is 0.224 e. The number of rotatable bonds is 3. The molecule has 1 heterocycles. The van der Waals surface area contributed by atoms with E-state index in [0.717, 1.165) is 12.2 Å². The SMILES string of the molecule is CC(CN)C(=O)NC1CCSC1C. The van der Waals surface area contributed by atoms with Crippen LogP contribution in [0.4, 0.5) is 0 Å². The van der Waals surface area contributed by atoms with Gasteiger partial charge in [-0.3, -0.25) is 4.79 Å². The predicted octanol–water partition coefficient (Wildman–Crippen LogP) is 0.591. The number of hydrogen-bond acceptors (Lipinski definition) is 3. The molecule has 76 valence electrons. The van der Waals surface area contributed by atoms with E-state index in [1.54, 1.807) is 0 Å². The predicted molar refractivity (Wildman–Crippen MR) is 56.7 cm³/mol. The van der Waals surface area contributed by atoms with Crippen molar-refractivity contribution in [1.29, 1.82) is 0 Å². The van der Waals surface area contributed by atoms with Gasteiger partial charge < -0.3 is 11.1 Å². The van der Waals surface area contributed by atoms with Crippen LogP contribution in [0.2, 0.25) is 0 Å². The van der Waals surface area contributed by atoms with Crippen LogP contribution in [0.25, 0.3) is 0 Å². The molecule has 3 unspecified atom stereocenters. The van der Waals surface area contributed by atoms with Crippen molar-refractivity contribution in [2.24, 2.45) is 11.7 Å². The van der Waals surface area contributed by atoms with Gasteiger partial charge >= 0.3 is 0 Å². The molecule has 3 N–H and O–H groups in total. The van der Waals surface area contributed by atoms with Crippen LogP contribution in [0.5, 0.6) is 0 Å². The van der Waals surface area contributed by atoms with Crippen molar-refractivity contribution in [2.75, 3.05) is 12.3 Å². The molecule has 0 saturated carbocycles. The van der Waals surface area contributed by atoms with Gasteiger partial charge in [-0.1, -0.05) is 13.8 Å². The highest BCUT2D eigenvalue weighted by Gasteiger charge is 2.26. The third-order valence-electron chi connectivity index (χ3n) is 2.51. The first-order valence-corrected chi connectivity index (χ1v) is 5.82. The molecule has 1 amide bonds. The van der Waals surface area contributed by atoms with Gasteiger partial charge in [-0.25, -0.2) is 0 Å². The summed E-state index contributed by atoms with van der Waals surface area (Å²) in [6, 6.07) is 0.353. The summed E-state index contributed by atoms with van der Waals surface area (Å²) in [4.78, 5) is 11.5. The average molecular weight is 202 g/mol. The number of thioether (sulfide) groups is 1. The summed E-state index contributed by atoms with van der Waals surface area (Å²) in [6.07, 6.45) is 1.09. The zero-order valence-electron chi connectivity index (χ0n) is 8.25. The zero-order chi connectivity index (χ0) is 9.84. The topological polar surface area (TPSA) is 55.1 Å². The molecule has 1 aliphatic heterocycles. The standard InChI is InChI=1S/C9H18N2OS/c1-6(5-10)9(12)11-8-3-4-13-7(8)2/h6-8H,3-5,10H2,1-2H3,(H,11,12). The van der Waals surface area contributed by atoms with E-state index in [4.69, 9.17) is 5.73 Å². The highest BCUT2D eigenvalue weighted by molar-refractivity contribution is 8.00. The minimum atomic E-state index is -0.0576. The molecule has 1 aliphatic rings. The van der Waals surface area contributed by atoms with Gasteiger partial charge in [0.2, 0.25) is 5.91 Å². The lowest BCUT2D eigenvalue weighted by atomic mass is 10.1. The van der Waals surface area contributed by atoms with Gasteiger partial charge in [-0.05, 0) is 12.2 Å². The molecule has 0 bridgehead atoms. The fourth-order valence-electron chi connectivity index (χ4n) is 1.35. The first-order valence-electron chi connectivity index (χ1n) is 4.77. The van der Waals surface area contributed by atoms with Crippen molar-refractivity contribution in [2.45, 2.75) is 31.6 Å². The Morgan fingerprint density at radius 3 is 2.92 bits per heavy atom. The van der Waals surface area contributed by atoms with E-state index in [0.29, 0.717) is 17.8 Å². The molecule has 13 heavy (non-hydrogen) atoms. The van der Waals surface area contributed by atoms with Crippen LogP contribution in [0.15, 0.2) is 0 Å². The molecule has 4 heteroatoms. The molecule has 1 fully saturated rings. The lowest BCUT2D eigenvalue weighted by Gasteiger charge is -2.18. The van der Waals surface area contributed by atoms with Gasteiger partial charge in [0.15, 0.2) is 0 Å². The van der Waals surface area contributed by atoms with Crippen LogP contribution in [-0.2, 0) is 4.79 Å². The third kappa shape index (κ3) is 2.88. The Labute approximate surface area is 83.8 Å². The van der Waals surface area contributed by atoms with Gasteiger partial charge in [-0.2, -0.15) is 11.8 Å². The Kier molecular flexibility index (Phi) is 4.06. The number of amides is 1. The summed E-state index contributed by atoms with van der Waals surface area (Å²) in [6.45, 7) is 4.46. The molecule has 1 rings (SSSR count). The molecule has 0 aliphatic carbocycles. The van der Waals surface area contributed by atoms with Crippen molar-refractivity contribution < 1.29 is 4.79 Å². The lowest BCUT2D eigenvalue weighted by molar-refractivity contribution is -0.124. The Morgan fingerprint density at radius 2 is 2.46 bits per heavy atom. The first kappa shape index (κ1) is 10.9. The van der Waals surface area contributed by atoms with Gasteiger partial charge in [-0.15, -0.1) is 0 Å². The largest absolute Gasteiger partial charge is 0.352 e. The number of carbonyl (C=O) groups excluding carboxylic acids is 1. The molecular formula is C9H18N2OS. The van der Waals surface area contributed by atoms with Gasteiger partial charge in [0, 0.05) is 23.8 Å². The van der Waals surface area contributed by atoms with Crippen LogP contribution in [0.3, 0.4) is 0 Å². The summed E-state index contributed by atoms with van der Waals surface area (Å²) in [7, 11) is 0. The van der Waals surface area contributed by atoms with Crippen molar-refractivity contribution in [3.8, 4) is 0 Å². The summed E-state index contributed by atoms with van der Waals surface area (Å²) in [5.41, 5.74) is 5.42. The van der Waals surface area contributed by atoms with Crippen LogP contribution in [0, 0.1) is 5.92 Å². The van der Waals surface area contributed by atoms with E-state index >= 15 is 0 Å². The fraction of sp³-hybridized carbons (Fsp3) is 0.889. The van der Waals surface area contributed by atoms with E-state index in [1.807, 2.05) is 18.7 Å². The number of nitrogens with two attached hydrogens (primary N) is 1. The Hall–Kier alpha value is -0.220. The van der Waals surface area contributed by atoms with Crippen LogP contribution in [-0.4, -0.2) is 29.5 Å². The monoisotopic (exact) mass is 202 g/mol. The van der Waals surface area contributed by atoms with Crippen molar-refractivity contribution in [3.05, 3.63) is 0 Å². The molecule has 0 aromatic carbocycles. The van der Waals surface area contributed by atoms with E-state index in [2.05, 4.69) is 12.2 Å². The first-order chi connectivity index (χ1) is 6.15. The summed E-state index contributed by atoms with van der Waals surface area (Å²) in [5.74, 6) is 1.20. The van der Waals surface area contributed by atoms with Crippen molar-refractivity contribution >= 4 is 17.7 Å². The van der Waals surface area contributed by atoms with Crippen LogP contribution in [0.1, 0.15) is 20.3 Å². The summed E-state index contributed by atoms with van der Waals surface area (Å²) >= 11 is 1.92. The summed E-state index contributed by atoms with van der Waals surface area (Å²) < 4.78 is 0. The van der Waals surface area contributed by atoms with E-state index in [-0.39, 0.29) is 11.8 Å². The summed E-state index contributed by atoms with van der Waals surface area (Å²) in [5, 5.41) is 3.59. The Morgan fingerprint density at radius 1 is 1.77 bits per heavy atom. The maximum atomic E-state index is 11.5. The highest BCUT2D eigenvalue weighted by Crippen LogP contribution is 2.26. The molecule has 1 saturated heterocycles. The zero-order valence-corrected chi connectivity index (χ0v) is 9.06. The molecule has 0 aromatic heterocycles. The molecular weight excluding hydrogens is 184 g/mol. The number of nitrogens with one attached hydrogen (secondary N) is 1. The second-order valence-electron chi connectivity index (χ2n) is 3.62. The lowest BCUT2D eigenvalue weighted by Crippen LogP contribution is -2.42. The van der Waals surface area contributed by atoms with Gasteiger partial charge in [0.05, 0.1) is 0 Å². The minimum absolute atomic E-state index is 0.0576. The maximum absolute atomic E-state index is 11.5. The normalized spacial score (nSPS) is 30.1. The number of carbonyl (C=O) groups is 1. The van der Waals surface area contributed by atoms with Gasteiger partial charge in [0.25, 0.3) is 0 Å². The maximum Gasteiger partial charge on any atom is 0.224 e.